The minimum Gasteiger partial charge on any atom is -0.497 e. The highest BCUT2D eigenvalue weighted by molar-refractivity contribution is 5.95. The third-order valence-electron chi connectivity index (χ3n) is 8.45. The monoisotopic (exact) mass is 643 g/mol. The number of hydrogen-bond acceptors (Lipinski definition) is 8. The van der Waals surface area contributed by atoms with Gasteiger partial charge in [-0.05, 0) is 51.8 Å². The van der Waals surface area contributed by atoms with Crippen LogP contribution in [0.3, 0.4) is 0 Å². The highest BCUT2D eigenvalue weighted by Crippen LogP contribution is 2.36. The van der Waals surface area contributed by atoms with Crippen molar-refractivity contribution in [2.45, 2.75) is 63.3 Å². The largest absolute Gasteiger partial charge is 0.497 e. The maximum absolute atomic E-state index is 14.4. The minimum absolute atomic E-state index is 0.0418. The van der Waals surface area contributed by atoms with E-state index in [0.717, 1.165) is 10.9 Å². The Morgan fingerprint density at radius 3 is 2.38 bits per heavy atom. The highest BCUT2D eigenvalue weighted by atomic mass is 16.6. The molecule has 12 nitrogen and oxygen atoms in total. The van der Waals surface area contributed by atoms with Crippen molar-refractivity contribution in [3.63, 3.8) is 0 Å². The fraction of sp³-hybridized carbons (Fsp3) is 0.400. The van der Waals surface area contributed by atoms with E-state index < -0.39 is 41.2 Å². The van der Waals surface area contributed by atoms with Crippen molar-refractivity contribution in [1.29, 1.82) is 0 Å². The van der Waals surface area contributed by atoms with Crippen LogP contribution in [0, 0.1) is 0 Å². The van der Waals surface area contributed by atoms with Gasteiger partial charge in [-0.1, -0.05) is 36.9 Å². The van der Waals surface area contributed by atoms with Crippen molar-refractivity contribution in [1.82, 2.24) is 20.1 Å². The topological polar surface area (TPSA) is 153 Å². The number of fused-ring (bicyclic) bond motifs is 1. The molecule has 3 aromatic rings. The summed E-state index contributed by atoms with van der Waals surface area (Å²) in [5.74, 6) is -0.290. The molecule has 47 heavy (non-hydrogen) atoms. The van der Waals surface area contributed by atoms with Crippen molar-refractivity contribution in [2.24, 2.45) is 5.73 Å². The maximum atomic E-state index is 14.4. The normalized spacial score (nSPS) is 19.1. The molecule has 5 rings (SSSR count). The number of aromatic nitrogens is 1. The molecule has 0 spiro atoms. The van der Waals surface area contributed by atoms with E-state index >= 15 is 0 Å². The van der Waals surface area contributed by atoms with Crippen LogP contribution in [-0.2, 0) is 19.1 Å². The molecule has 0 radical (unpaired) electrons. The Kier molecular flexibility index (Phi) is 9.41. The van der Waals surface area contributed by atoms with Gasteiger partial charge in [0.2, 0.25) is 17.7 Å². The molecule has 4 amide bonds. The summed E-state index contributed by atoms with van der Waals surface area (Å²) in [5.41, 5.74) is 5.82. The molecule has 2 fully saturated rings. The van der Waals surface area contributed by atoms with Crippen LogP contribution in [0.5, 0.6) is 11.5 Å². The number of piperidine rings is 1. The van der Waals surface area contributed by atoms with Crippen LogP contribution >= 0.6 is 0 Å². The van der Waals surface area contributed by atoms with Gasteiger partial charge in [-0.15, -0.1) is 0 Å². The third kappa shape index (κ3) is 7.32. The van der Waals surface area contributed by atoms with Crippen LogP contribution in [0.15, 0.2) is 67.3 Å². The average Bonchev–Trinajstić information content (AvgIpc) is 3.47. The molecule has 2 aromatic carbocycles. The van der Waals surface area contributed by atoms with E-state index in [2.05, 4.69) is 11.9 Å². The first-order chi connectivity index (χ1) is 22.3. The van der Waals surface area contributed by atoms with Gasteiger partial charge in [0.05, 0.1) is 24.9 Å². The number of nitrogens with zero attached hydrogens (tertiary/aromatic N) is 3. The summed E-state index contributed by atoms with van der Waals surface area (Å²) < 4.78 is 17.5. The van der Waals surface area contributed by atoms with E-state index in [0.29, 0.717) is 22.7 Å². The van der Waals surface area contributed by atoms with Crippen LogP contribution in [0.1, 0.15) is 40.0 Å². The van der Waals surface area contributed by atoms with Gasteiger partial charge in [-0.25, -0.2) is 9.78 Å². The number of primary amides is 1. The molecule has 2 atom stereocenters. The lowest BCUT2D eigenvalue weighted by Crippen LogP contribution is -2.66. The Balaban J connectivity index is 1.46. The van der Waals surface area contributed by atoms with Crippen LogP contribution in [-0.4, -0.2) is 88.6 Å². The molecule has 2 aliphatic rings. The number of benzene rings is 2. The number of carbonyl (C=O) groups excluding carboxylic acids is 4. The number of nitrogens with two attached hydrogens (primary N) is 1. The van der Waals surface area contributed by atoms with Gasteiger partial charge in [0.1, 0.15) is 34.8 Å². The zero-order valence-electron chi connectivity index (χ0n) is 27.2. The van der Waals surface area contributed by atoms with E-state index in [9.17, 15) is 19.2 Å². The van der Waals surface area contributed by atoms with Crippen LogP contribution in [0.2, 0.25) is 0 Å². The lowest BCUT2D eigenvalue weighted by Gasteiger charge is -2.43. The fourth-order valence-corrected chi connectivity index (χ4v) is 6.12. The summed E-state index contributed by atoms with van der Waals surface area (Å²) in [6.45, 7) is 9.14. The fourth-order valence-electron chi connectivity index (χ4n) is 6.12. The quantitative estimate of drug-likeness (QED) is 0.352. The molecule has 1 aromatic heterocycles. The zero-order valence-corrected chi connectivity index (χ0v) is 27.2. The minimum atomic E-state index is -1.44. The van der Waals surface area contributed by atoms with Crippen LogP contribution in [0.25, 0.3) is 22.2 Å². The number of amides is 4. The molecule has 248 valence electrons. The van der Waals surface area contributed by atoms with Gasteiger partial charge in [0.15, 0.2) is 0 Å². The lowest BCUT2D eigenvalue weighted by atomic mass is 9.85. The number of carbonyl (C=O) groups is 4. The first-order valence-corrected chi connectivity index (χ1v) is 15.6. The molecular formula is C35H41N5O7. The van der Waals surface area contributed by atoms with E-state index in [4.69, 9.17) is 24.9 Å². The van der Waals surface area contributed by atoms with E-state index in [1.165, 1.54) is 11.0 Å². The molecule has 0 aliphatic carbocycles. The van der Waals surface area contributed by atoms with Gasteiger partial charge in [0, 0.05) is 42.6 Å². The van der Waals surface area contributed by atoms with Gasteiger partial charge in [0.25, 0.3) is 0 Å². The number of rotatable bonds is 8. The number of nitrogens with one attached hydrogen (secondary N) is 1. The molecular weight excluding hydrogens is 602 g/mol. The SMILES string of the molecule is C=CC(=O)N1CCC(NC(=O)OC(C)(C)C)(C(=O)N2CC(Oc3cc(-c4ccccc4)nc4cc(OC)ccc34)CC2C(N)=O)CC1. The van der Waals surface area contributed by atoms with Crippen LogP contribution in [0.4, 0.5) is 4.79 Å². The second kappa shape index (κ2) is 13.3. The summed E-state index contributed by atoms with van der Waals surface area (Å²) in [4.78, 5) is 60.4. The summed E-state index contributed by atoms with van der Waals surface area (Å²) in [6.07, 6.45) is 0.192. The van der Waals surface area contributed by atoms with Gasteiger partial charge >= 0.3 is 6.09 Å². The zero-order chi connectivity index (χ0) is 33.9. The van der Waals surface area contributed by atoms with E-state index in [1.807, 2.05) is 54.6 Å². The number of likely N-dealkylation sites (tertiary alicyclic amines) is 2. The second-order valence-corrected chi connectivity index (χ2v) is 12.8. The first-order valence-electron chi connectivity index (χ1n) is 15.6. The van der Waals surface area contributed by atoms with Crippen molar-refractivity contribution >= 4 is 34.7 Å². The van der Waals surface area contributed by atoms with Gasteiger partial charge in [-0.3, -0.25) is 14.4 Å². The Hall–Kier alpha value is -5.13. The van der Waals surface area contributed by atoms with Gasteiger partial charge in [-0.2, -0.15) is 0 Å². The first kappa shape index (κ1) is 33.2. The molecule has 2 aliphatic heterocycles. The molecule has 12 heteroatoms. The second-order valence-electron chi connectivity index (χ2n) is 12.8. The lowest BCUT2D eigenvalue weighted by molar-refractivity contribution is -0.146. The third-order valence-corrected chi connectivity index (χ3v) is 8.45. The Morgan fingerprint density at radius 1 is 1.06 bits per heavy atom. The number of hydrogen-bond donors (Lipinski definition) is 2. The summed E-state index contributed by atoms with van der Waals surface area (Å²) in [7, 11) is 1.58. The number of methoxy groups -OCH3 is 1. The summed E-state index contributed by atoms with van der Waals surface area (Å²) in [6, 6.07) is 16.0. The Labute approximate surface area is 273 Å². The molecule has 2 unspecified atom stereocenters. The summed E-state index contributed by atoms with van der Waals surface area (Å²) >= 11 is 0. The summed E-state index contributed by atoms with van der Waals surface area (Å²) in [5, 5.41) is 3.53. The molecule has 3 heterocycles. The van der Waals surface area contributed by atoms with Crippen molar-refractivity contribution < 1.29 is 33.4 Å². The Morgan fingerprint density at radius 2 is 1.77 bits per heavy atom. The van der Waals surface area contributed by atoms with Crippen LogP contribution < -0.4 is 20.5 Å². The average molecular weight is 644 g/mol. The standard InChI is InChI=1S/C35H41N5O7/c1-6-30(41)39-16-14-35(15-17-39,38-33(44)47-34(2,3)4)32(43)40-21-24(19-28(40)31(36)42)46-29-20-26(22-10-8-7-9-11-22)37-27-18-23(45-5)12-13-25(27)29/h6-13,18,20,24,28H,1,14-17,19,21H2,2-5H3,(H2,36,42)(H,38,44). The number of ether oxygens (including phenoxy) is 3. The van der Waals surface area contributed by atoms with Crippen molar-refractivity contribution in [3.05, 3.63) is 67.3 Å². The molecule has 0 saturated carbocycles. The smallest absolute Gasteiger partial charge is 0.408 e. The van der Waals surface area contributed by atoms with E-state index in [-0.39, 0.29) is 44.8 Å². The predicted molar refractivity (Wildman–Crippen MR) is 176 cm³/mol. The predicted octanol–water partition coefficient (Wildman–Crippen LogP) is 3.82. The van der Waals surface area contributed by atoms with Gasteiger partial charge < -0.3 is 35.1 Å². The number of alkyl carbamates (subject to hydrolysis) is 1. The molecule has 0 bridgehead atoms. The van der Waals surface area contributed by atoms with Crippen molar-refractivity contribution in [3.8, 4) is 22.8 Å². The van der Waals surface area contributed by atoms with E-state index in [1.54, 1.807) is 32.8 Å². The molecule has 2 saturated heterocycles. The van der Waals surface area contributed by atoms with Crippen molar-refractivity contribution in [2.75, 3.05) is 26.7 Å². The Bertz CT molecular complexity index is 1680. The maximum Gasteiger partial charge on any atom is 0.408 e. The molecule has 3 N–H and O–H groups in total. The highest BCUT2D eigenvalue weighted by Gasteiger charge is 2.51. The number of pyridine rings is 1.